The van der Waals surface area contributed by atoms with Crippen molar-refractivity contribution >= 4 is 6.29 Å². The van der Waals surface area contributed by atoms with Crippen LogP contribution in [0.15, 0.2) is 12.2 Å². The van der Waals surface area contributed by atoms with Gasteiger partial charge >= 0.3 is 0 Å². The average molecular weight is 125 g/mol. The highest BCUT2D eigenvalue weighted by Gasteiger charge is 2.09. The molecule has 0 N–H and O–H groups in total. The molecule has 0 aromatic carbocycles. The minimum absolute atomic E-state index is 0.128. The van der Waals surface area contributed by atoms with E-state index in [1.807, 2.05) is 19.2 Å². The van der Waals surface area contributed by atoms with Crippen LogP contribution >= 0.6 is 0 Å². The van der Waals surface area contributed by atoms with Crippen LogP contribution in [0.1, 0.15) is 0 Å². The van der Waals surface area contributed by atoms with Crippen LogP contribution in [0.4, 0.5) is 0 Å². The molecule has 1 aliphatic heterocycles. The Kier molecular flexibility index (Phi) is 2.01. The Hall–Kier alpha value is -0.630. The molecule has 1 rings (SSSR count). The van der Waals surface area contributed by atoms with Gasteiger partial charge < -0.3 is 9.69 Å². The minimum Gasteiger partial charge on any atom is -0.303 e. The van der Waals surface area contributed by atoms with Gasteiger partial charge in [-0.15, -0.1) is 0 Å². The van der Waals surface area contributed by atoms with Crippen molar-refractivity contribution in [3.8, 4) is 0 Å². The van der Waals surface area contributed by atoms with E-state index >= 15 is 0 Å². The molecule has 1 heterocycles. The van der Waals surface area contributed by atoms with E-state index in [4.69, 9.17) is 0 Å². The highest BCUT2D eigenvalue weighted by Crippen LogP contribution is 2.03. The van der Waals surface area contributed by atoms with Gasteiger partial charge in [0.25, 0.3) is 0 Å². The molecule has 0 bridgehead atoms. The Labute approximate surface area is 55.2 Å². The first kappa shape index (κ1) is 6.49. The van der Waals surface area contributed by atoms with Crippen molar-refractivity contribution in [2.75, 3.05) is 20.1 Å². The third-order valence-electron chi connectivity index (χ3n) is 1.50. The van der Waals surface area contributed by atoms with Gasteiger partial charge in [-0.2, -0.15) is 0 Å². The molecule has 1 atom stereocenters. The highest BCUT2D eigenvalue weighted by atomic mass is 16.1. The van der Waals surface area contributed by atoms with Crippen LogP contribution in [-0.2, 0) is 4.79 Å². The lowest BCUT2D eigenvalue weighted by Gasteiger charge is -2.20. The van der Waals surface area contributed by atoms with E-state index in [0.29, 0.717) is 0 Å². The lowest BCUT2D eigenvalue weighted by Crippen LogP contribution is -2.29. The van der Waals surface area contributed by atoms with E-state index in [2.05, 4.69) is 4.90 Å². The summed E-state index contributed by atoms with van der Waals surface area (Å²) in [5.74, 6) is 0.128. The molecule has 50 valence electrons. The molecule has 1 aliphatic rings. The van der Waals surface area contributed by atoms with Gasteiger partial charge in [0, 0.05) is 19.0 Å². The monoisotopic (exact) mass is 125 g/mol. The van der Waals surface area contributed by atoms with Crippen molar-refractivity contribution in [1.82, 2.24) is 4.90 Å². The van der Waals surface area contributed by atoms with Crippen LogP contribution in [0.5, 0.6) is 0 Å². The number of aldehydes is 1. The van der Waals surface area contributed by atoms with Crippen molar-refractivity contribution in [2.24, 2.45) is 5.92 Å². The Morgan fingerprint density at radius 1 is 1.78 bits per heavy atom. The first-order chi connectivity index (χ1) is 4.33. The molecule has 2 heteroatoms. The van der Waals surface area contributed by atoms with Gasteiger partial charge in [-0.1, -0.05) is 12.2 Å². The lowest BCUT2D eigenvalue weighted by molar-refractivity contribution is -0.110. The molecule has 0 aromatic rings. The molecule has 0 aromatic heterocycles. The first-order valence-corrected chi connectivity index (χ1v) is 3.13. The van der Waals surface area contributed by atoms with Crippen LogP contribution in [0, 0.1) is 5.92 Å². The predicted octanol–water partition coefficient (Wildman–Crippen LogP) is 0.303. The van der Waals surface area contributed by atoms with E-state index in [0.717, 1.165) is 19.4 Å². The average Bonchev–Trinajstić information content (AvgIpc) is 1.88. The Balaban J connectivity index is 2.48. The van der Waals surface area contributed by atoms with E-state index in [-0.39, 0.29) is 5.92 Å². The summed E-state index contributed by atoms with van der Waals surface area (Å²) in [5.41, 5.74) is 0. The van der Waals surface area contributed by atoms with E-state index in [9.17, 15) is 4.79 Å². The number of nitrogens with zero attached hydrogens (tertiary/aromatic N) is 1. The fraction of sp³-hybridized carbons (Fsp3) is 0.571. The topological polar surface area (TPSA) is 20.3 Å². The second-order valence-electron chi connectivity index (χ2n) is 2.45. The SMILES string of the molecule is CN1CC=CC(C=O)C1. The fourth-order valence-electron chi connectivity index (χ4n) is 0.999. The molecular formula is C7H11NO. The molecular weight excluding hydrogens is 114 g/mol. The van der Waals surface area contributed by atoms with Gasteiger partial charge in [-0.25, -0.2) is 0 Å². The van der Waals surface area contributed by atoms with Crippen molar-refractivity contribution < 1.29 is 4.79 Å². The number of likely N-dealkylation sites (N-methyl/N-ethyl adjacent to an activating group) is 1. The summed E-state index contributed by atoms with van der Waals surface area (Å²) in [6, 6.07) is 0. The summed E-state index contributed by atoms with van der Waals surface area (Å²) in [7, 11) is 2.01. The molecule has 2 nitrogen and oxygen atoms in total. The van der Waals surface area contributed by atoms with Crippen LogP contribution in [0.25, 0.3) is 0 Å². The maximum absolute atomic E-state index is 10.2. The fourth-order valence-corrected chi connectivity index (χ4v) is 0.999. The minimum atomic E-state index is 0.128. The summed E-state index contributed by atoms with van der Waals surface area (Å²) < 4.78 is 0. The number of carbonyl (C=O) groups is 1. The third kappa shape index (κ3) is 1.64. The van der Waals surface area contributed by atoms with Crippen LogP contribution in [0.3, 0.4) is 0 Å². The molecule has 0 spiro atoms. The van der Waals surface area contributed by atoms with E-state index < -0.39 is 0 Å². The van der Waals surface area contributed by atoms with Gasteiger partial charge in [0.05, 0.1) is 0 Å². The molecule has 9 heavy (non-hydrogen) atoms. The van der Waals surface area contributed by atoms with E-state index in [1.165, 1.54) is 0 Å². The number of rotatable bonds is 1. The van der Waals surface area contributed by atoms with E-state index in [1.54, 1.807) is 0 Å². The molecule has 0 saturated heterocycles. The normalized spacial score (nSPS) is 28.3. The predicted molar refractivity (Wildman–Crippen MR) is 36.2 cm³/mol. The third-order valence-corrected chi connectivity index (χ3v) is 1.50. The highest BCUT2D eigenvalue weighted by molar-refractivity contribution is 5.57. The maximum Gasteiger partial charge on any atom is 0.128 e. The summed E-state index contributed by atoms with van der Waals surface area (Å²) >= 11 is 0. The van der Waals surface area contributed by atoms with Crippen LogP contribution in [0.2, 0.25) is 0 Å². The summed E-state index contributed by atoms with van der Waals surface area (Å²) in [6.07, 6.45) is 4.99. The Bertz CT molecular complexity index is 131. The Morgan fingerprint density at radius 3 is 3.00 bits per heavy atom. The molecule has 0 saturated carbocycles. The number of hydrogen-bond donors (Lipinski definition) is 0. The molecule has 1 unspecified atom stereocenters. The maximum atomic E-state index is 10.2. The lowest BCUT2D eigenvalue weighted by atomic mass is 10.1. The second kappa shape index (κ2) is 2.78. The standard InChI is InChI=1S/C7H11NO/c1-8-4-2-3-7(5-8)6-9/h2-3,6-7H,4-5H2,1H3. The largest absolute Gasteiger partial charge is 0.303 e. The van der Waals surface area contributed by atoms with Gasteiger partial charge in [0.2, 0.25) is 0 Å². The van der Waals surface area contributed by atoms with Crippen molar-refractivity contribution in [3.05, 3.63) is 12.2 Å². The molecule has 0 radical (unpaired) electrons. The zero-order chi connectivity index (χ0) is 6.69. The summed E-state index contributed by atoms with van der Waals surface area (Å²) in [5, 5.41) is 0. The van der Waals surface area contributed by atoms with Crippen molar-refractivity contribution in [2.45, 2.75) is 0 Å². The number of hydrogen-bond acceptors (Lipinski definition) is 2. The van der Waals surface area contributed by atoms with Gasteiger partial charge in [-0.3, -0.25) is 0 Å². The van der Waals surface area contributed by atoms with Crippen molar-refractivity contribution in [3.63, 3.8) is 0 Å². The second-order valence-corrected chi connectivity index (χ2v) is 2.45. The van der Waals surface area contributed by atoms with Crippen LogP contribution < -0.4 is 0 Å². The number of carbonyl (C=O) groups excluding carboxylic acids is 1. The molecule has 0 fully saturated rings. The van der Waals surface area contributed by atoms with Crippen molar-refractivity contribution in [1.29, 1.82) is 0 Å². The molecule has 0 aliphatic carbocycles. The molecule has 0 amide bonds. The quantitative estimate of drug-likeness (QED) is 0.371. The van der Waals surface area contributed by atoms with Gasteiger partial charge in [0.1, 0.15) is 6.29 Å². The zero-order valence-corrected chi connectivity index (χ0v) is 5.58. The van der Waals surface area contributed by atoms with Crippen LogP contribution in [-0.4, -0.2) is 31.3 Å². The summed E-state index contributed by atoms with van der Waals surface area (Å²) in [6.45, 7) is 1.85. The summed E-state index contributed by atoms with van der Waals surface area (Å²) in [4.78, 5) is 12.4. The van der Waals surface area contributed by atoms with Gasteiger partial charge in [0.15, 0.2) is 0 Å². The zero-order valence-electron chi connectivity index (χ0n) is 5.58. The first-order valence-electron chi connectivity index (χ1n) is 3.13. The van der Waals surface area contributed by atoms with Gasteiger partial charge in [-0.05, 0) is 7.05 Å². The smallest absolute Gasteiger partial charge is 0.128 e. The Morgan fingerprint density at radius 2 is 2.56 bits per heavy atom.